The second-order valence-corrected chi connectivity index (χ2v) is 5.52. The van der Waals surface area contributed by atoms with Crippen molar-refractivity contribution in [3.63, 3.8) is 0 Å². The average molecular weight is 286 g/mol. The van der Waals surface area contributed by atoms with Crippen LogP contribution in [0.4, 0.5) is 0 Å². The van der Waals surface area contributed by atoms with E-state index in [4.69, 9.17) is 23.7 Å². The minimum Gasteiger partial charge on any atom is -0.452 e. The lowest BCUT2D eigenvalue weighted by atomic mass is 10.0. The van der Waals surface area contributed by atoms with Gasteiger partial charge in [-0.1, -0.05) is 0 Å². The van der Waals surface area contributed by atoms with Gasteiger partial charge >= 0.3 is 5.97 Å². The molecule has 3 aliphatic rings. The van der Waals surface area contributed by atoms with Crippen LogP contribution in [0, 0.1) is 0 Å². The third kappa shape index (κ3) is 2.25. The molecule has 0 spiro atoms. The molecule has 3 rings (SSSR count). The van der Waals surface area contributed by atoms with E-state index in [0.29, 0.717) is 0 Å². The van der Waals surface area contributed by atoms with Crippen molar-refractivity contribution >= 4 is 5.97 Å². The smallest absolute Gasteiger partial charge is 0.331 e. The van der Waals surface area contributed by atoms with Crippen LogP contribution in [-0.4, -0.2) is 60.8 Å². The van der Waals surface area contributed by atoms with Gasteiger partial charge in [0, 0.05) is 13.2 Å². The Bertz CT molecular complexity index is 432. The molecular formula is C13H18O7. The molecule has 3 aliphatic heterocycles. The summed E-state index contributed by atoms with van der Waals surface area (Å²) in [5.41, 5.74) is 0. The van der Waals surface area contributed by atoms with Gasteiger partial charge in [-0.2, -0.15) is 0 Å². The molecule has 0 radical (unpaired) electrons. The Morgan fingerprint density at radius 3 is 2.75 bits per heavy atom. The number of hydrogen-bond acceptors (Lipinski definition) is 7. The van der Waals surface area contributed by atoms with E-state index in [9.17, 15) is 9.90 Å². The minimum atomic E-state index is -1.04. The van der Waals surface area contributed by atoms with Crippen LogP contribution in [-0.2, 0) is 28.5 Å². The molecule has 0 amide bonds. The van der Waals surface area contributed by atoms with Crippen LogP contribution in [0.2, 0.25) is 0 Å². The maximum absolute atomic E-state index is 11.1. The summed E-state index contributed by atoms with van der Waals surface area (Å²) >= 11 is 0. The lowest BCUT2D eigenvalue weighted by Gasteiger charge is -2.29. The first-order valence-electron chi connectivity index (χ1n) is 6.52. The van der Waals surface area contributed by atoms with Gasteiger partial charge in [0.05, 0.1) is 0 Å². The highest BCUT2D eigenvalue weighted by Crippen LogP contribution is 2.40. The normalized spacial score (nSPS) is 43.6. The zero-order valence-electron chi connectivity index (χ0n) is 11.5. The Balaban J connectivity index is 1.72. The highest BCUT2D eigenvalue weighted by molar-refractivity contribution is 5.84. The van der Waals surface area contributed by atoms with E-state index in [1.807, 2.05) is 0 Å². The Hall–Kier alpha value is -0.990. The van der Waals surface area contributed by atoms with Gasteiger partial charge in [0.2, 0.25) is 0 Å². The topological polar surface area (TPSA) is 83.5 Å². The molecule has 0 aliphatic carbocycles. The molecule has 112 valence electrons. The number of aliphatic hydroxyl groups is 1. The fourth-order valence-electron chi connectivity index (χ4n) is 2.80. The second-order valence-electron chi connectivity index (χ2n) is 5.52. The van der Waals surface area contributed by atoms with Gasteiger partial charge in [-0.25, -0.2) is 4.79 Å². The van der Waals surface area contributed by atoms with E-state index < -0.39 is 48.6 Å². The molecule has 1 unspecified atom stereocenters. The summed E-state index contributed by atoms with van der Waals surface area (Å²) in [5, 5.41) is 10.3. The van der Waals surface area contributed by atoms with Gasteiger partial charge in [-0.15, -0.1) is 0 Å². The Labute approximate surface area is 116 Å². The molecule has 0 aromatic carbocycles. The van der Waals surface area contributed by atoms with Gasteiger partial charge in [0.25, 0.3) is 0 Å². The van der Waals surface area contributed by atoms with Gasteiger partial charge in [-0.3, -0.25) is 0 Å². The molecule has 0 aromatic rings. The summed E-state index contributed by atoms with van der Waals surface area (Å²) in [5.74, 6) is -1.23. The summed E-state index contributed by atoms with van der Waals surface area (Å²) in [6.07, 6.45) is -1.20. The summed E-state index contributed by atoms with van der Waals surface area (Å²) in [4.78, 5) is 11.1. The van der Waals surface area contributed by atoms with E-state index >= 15 is 0 Å². The lowest BCUT2D eigenvalue weighted by molar-refractivity contribution is -0.232. The zero-order valence-corrected chi connectivity index (χ0v) is 11.5. The van der Waals surface area contributed by atoms with Crippen molar-refractivity contribution in [3.8, 4) is 0 Å². The van der Waals surface area contributed by atoms with Gasteiger partial charge in [0.15, 0.2) is 12.1 Å². The second kappa shape index (κ2) is 4.78. The van der Waals surface area contributed by atoms with Crippen molar-refractivity contribution in [2.45, 2.75) is 56.4 Å². The molecule has 7 heteroatoms. The summed E-state index contributed by atoms with van der Waals surface area (Å²) in [6.45, 7) is 3.57. The third-order valence-corrected chi connectivity index (χ3v) is 3.65. The van der Waals surface area contributed by atoms with E-state index in [0.717, 1.165) is 0 Å². The molecule has 6 atom stereocenters. The molecule has 0 bridgehead atoms. The Morgan fingerprint density at radius 1 is 1.40 bits per heavy atom. The van der Waals surface area contributed by atoms with E-state index in [-0.39, 0.29) is 0 Å². The Morgan fingerprint density at radius 2 is 2.15 bits per heavy atom. The predicted molar refractivity (Wildman–Crippen MR) is 64.5 cm³/mol. The highest BCUT2D eigenvalue weighted by atomic mass is 16.8. The molecule has 1 N–H and O–H groups in total. The lowest BCUT2D eigenvalue weighted by Crippen LogP contribution is -2.46. The standard InChI is InChI=1S/C13H18O7/c1-13(2)19-11-10(16-3)9(18-12(11)20-13)8(15)6-4-5-7(14)17-6/h4-6,8-12,15H,1-3H3/t6-,8?,9-,10+,11-,12-/m1/s1. The molecular weight excluding hydrogens is 268 g/mol. The van der Waals surface area contributed by atoms with Gasteiger partial charge in [-0.05, 0) is 19.9 Å². The number of carbonyl (C=O) groups excluding carboxylic acids is 1. The highest BCUT2D eigenvalue weighted by Gasteiger charge is 2.57. The van der Waals surface area contributed by atoms with Crippen LogP contribution >= 0.6 is 0 Å². The molecule has 20 heavy (non-hydrogen) atoms. The number of fused-ring (bicyclic) bond motifs is 1. The predicted octanol–water partition coefficient (Wildman–Crippen LogP) is -0.280. The monoisotopic (exact) mass is 286 g/mol. The van der Waals surface area contributed by atoms with Crippen LogP contribution in [0.1, 0.15) is 13.8 Å². The average Bonchev–Trinajstić information content (AvgIpc) is 3.00. The Kier molecular flexibility index (Phi) is 3.34. The molecule has 3 heterocycles. The maximum Gasteiger partial charge on any atom is 0.331 e. The number of carbonyl (C=O) groups is 1. The molecule has 2 saturated heterocycles. The van der Waals surface area contributed by atoms with Crippen LogP contribution in [0.25, 0.3) is 0 Å². The van der Waals surface area contributed by atoms with Crippen LogP contribution in [0.5, 0.6) is 0 Å². The molecule has 0 aromatic heterocycles. The fraction of sp³-hybridized carbons (Fsp3) is 0.769. The SMILES string of the molecule is CO[C@@H]1[C@H]2OC(C)(C)O[C@H]2O[C@@H]1C(O)[C@H]1C=CC(=O)O1. The number of hydrogen-bond donors (Lipinski definition) is 1. The quantitative estimate of drug-likeness (QED) is 0.714. The first-order chi connectivity index (χ1) is 9.41. The number of esters is 1. The van der Waals surface area contributed by atoms with E-state index in [1.165, 1.54) is 19.3 Å². The number of cyclic esters (lactones) is 1. The number of aliphatic hydroxyl groups excluding tert-OH is 1. The van der Waals surface area contributed by atoms with Crippen molar-refractivity contribution in [2.75, 3.05) is 7.11 Å². The maximum atomic E-state index is 11.1. The van der Waals surface area contributed by atoms with Crippen molar-refractivity contribution < 1.29 is 33.6 Å². The molecule has 2 fully saturated rings. The van der Waals surface area contributed by atoms with Crippen LogP contribution in [0.15, 0.2) is 12.2 Å². The number of rotatable bonds is 3. The zero-order chi connectivity index (χ0) is 14.5. The largest absolute Gasteiger partial charge is 0.452 e. The van der Waals surface area contributed by atoms with E-state index in [1.54, 1.807) is 13.8 Å². The number of methoxy groups -OCH3 is 1. The fourth-order valence-corrected chi connectivity index (χ4v) is 2.80. The molecule has 0 saturated carbocycles. The van der Waals surface area contributed by atoms with Crippen molar-refractivity contribution in [2.24, 2.45) is 0 Å². The first kappa shape index (κ1) is 14.0. The van der Waals surface area contributed by atoms with Crippen LogP contribution < -0.4 is 0 Å². The van der Waals surface area contributed by atoms with Crippen molar-refractivity contribution in [1.29, 1.82) is 0 Å². The summed E-state index contributed by atoms with van der Waals surface area (Å²) < 4.78 is 27.4. The summed E-state index contributed by atoms with van der Waals surface area (Å²) in [7, 11) is 1.52. The molecule has 7 nitrogen and oxygen atoms in total. The van der Waals surface area contributed by atoms with Crippen molar-refractivity contribution in [1.82, 2.24) is 0 Å². The van der Waals surface area contributed by atoms with Gasteiger partial charge < -0.3 is 28.8 Å². The minimum absolute atomic E-state index is 0.421. The van der Waals surface area contributed by atoms with E-state index in [2.05, 4.69) is 0 Å². The van der Waals surface area contributed by atoms with Gasteiger partial charge in [0.1, 0.15) is 30.5 Å². The first-order valence-corrected chi connectivity index (χ1v) is 6.52. The number of ether oxygens (including phenoxy) is 5. The van der Waals surface area contributed by atoms with Crippen molar-refractivity contribution in [3.05, 3.63) is 12.2 Å². The third-order valence-electron chi connectivity index (χ3n) is 3.65. The summed E-state index contributed by atoms with van der Waals surface area (Å²) in [6, 6.07) is 0. The van der Waals surface area contributed by atoms with Crippen LogP contribution in [0.3, 0.4) is 0 Å².